The molecule has 0 heterocycles. The Labute approximate surface area is 125 Å². The van der Waals surface area contributed by atoms with Gasteiger partial charge in [0.1, 0.15) is 0 Å². The van der Waals surface area contributed by atoms with Crippen LogP contribution in [0.3, 0.4) is 0 Å². The first-order chi connectivity index (χ1) is 8.97. The molecule has 0 aromatic heterocycles. The molecule has 0 aromatic rings. The Morgan fingerprint density at radius 3 is 1.89 bits per heavy atom. The van der Waals surface area contributed by atoms with Gasteiger partial charge in [-0.05, 0) is 37.7 Å². The van der Waals surface area contributed by atoms with Gasteiger partial charge in [-0.15, -0.1) is 0 Å². The van der Waals surface area contributed by atoms with E-state index in [1.165, 1.54) is 11.5 Å². The molecule has 0 aliphatic heterocycles. The zero-order chi connectivity index (χ0) is 14.2. The molecule has 1 saturated carbocycles. The number of allylic oxidation sites excluding steroid dienone is 6. The Kier molecular flexibility index (Phi) is 23.5. The summed E-state index contributed by atoms with van der Waals surface area (Å²) < 4.78 is 22.5. The predicted molar refractivity (Wildman–Crippen MR) is 63.2 cm³/mol. The molecule has 0 amide bonds. The molecule has 0 aromatic carbocycles. The van der Waals surface area contributed by atoms with Crippen LogP contribution in [0.2, 0.25) is 0 Å². The van der Waals surface area contributed by atoms with E-state index in [1.54, 1.807) is 0 Å². The Balaban J connectivity index is -0.000000325. The van der Waals surface area contributed by atoms with Crippen molar-refractivity contribution in [2.75, 3.05) is 0 Å². The van der Waals surface area contributed by atoms with Gasteiger partial charge in [-0.2, -0.15) is 0 Å². The zero-order valence-electron chi connectivity index (χ0n) is 10.0. The third kappa shape index (κ3) is 10.6. The Hall–Kier alpha value is -1.04. The molecule has 0 saturated heterocycles. The quantitative estimate of drug-likeness (QED) is 0.405. The molecule has 0 atom stereocenters. The van der Waals surface area contributed by atoms with Crippen molar-refractivity contribution in [3.05, 3.63) is 87.5 Å². The van der Waals surface area contributed by atoms with E-state index in [2.05, 4.69) is 76.0 Å². The third-order valence-corrected chi connectivity index (χ3v) is 1.99. The Morgan fingerprint density at radius 2 is 1.37 bits per heavy atom. The smallest absolute Gasteiger partial charge is 0.0121 e. The maximum Gasteiger partial charge on any atom is 0.0121 e. The van der Waals surface area contributed by atoms with Crippen molar-refractivity contribution in [3.8, 4) is 0 Å². The van der Waals surface area contributed by atoms with Crippen LogP contribution in [0.1, 0.15) is 6.42 Å². The third-order valence-electron chi connectivity index (χ3n) is 1.99. The average molecular weight is 294 g/mol. The molecule has 19 heavy (non-hydrogen) atoms. The summed E-state index contributed by atoms with van der Waals surface area (Å²) in [5.74, 6) is 1.31. The Morgan fingerprint density at radius 1 is 0.842 bits per heavy atom. The van der Waals surface area contributed by atoms with E-state index >= 15 is 0 Å². The monoisotopic (exact) mass is 294 g/mol. The first-order valence-corrected chi connectivity index (χ1v) is 4.83. The summed E-state index contributed by atoms with van der Waals surface area (Å²) in [6.45, 7) is 13.5. The number of hydrogen-bond donors (Lipinski definition) is 0. The van der Waals surface area contributed by atoms with E-state index in [4.69, 9.17) is 14.0 Å². The molecule has 3 nitrogen and oxygen atoms in total. The maximum absolute atomic E-state index is 7.50. The number of rotatable bonds is 1. The second-order valence-electron chi connectivity index (χ2n) is 2.86. The summed E-state index contributed by atoms with van der Waals surface area (Å²) in [5, 5.41) is 0. The summed E-state index contributed by atoms with van der Waals surface area (Å²) in [6, 6.07) is 0. The maximum atomic E-state index is 7.50. The zero-order valence-corrected chi connectivity index (χ0v) is 11.2. The molecule has 0 N–H and O–H groups in total. The first kappa shape index (κ1) is 23.1. The van der Waals surface area contributed by atoms with Crippen LogP contribution in [0.4, 0.5) is 0 Å². The summed E-state index contributed by atoms with van der Waals surface area (Å²) in [7, 11) is 0. The molecule has 1 fully saturated rings. The minimum Gasteiger partial charge on any atom is -0.0807 e. The van der Waals surface area contributed by atoms with Gasteiger partial charge in [-0.25, -0.2) is 0 Å². The van der Waals surface area contributed by atoms with Gasteiger partial charge in [0.15, 0.2) is 0 Å². The van der Waals surface area contributed by atoms with Crippen molar-refractivity contribution >= 4 is 0 Å². The molecular formula is C15H11MnO3. The van der Waals surface area contributed by atoms with Crippen LogP contribution in [-0.4, -0.2) is 0 Å². The minimum atomic E-state index is 0. The van der Waals surface area contributed by atoms with Gasteiger partial charge in [-0.3, -0.25) is 0 Å². The van der Waals surface area contributed by atoms with Crippen LogP contribution in [0.5, 0.6) is 0 Å². The average Bonchev–Trinajstić information content (AvgIpc) is 2.88. The summed E-state index contributed by atoms with van der Waals surface area (Å²) in [4.78, 5) is 0. The van der Waals surface area contributed by atoms with Gasteiger partial charge in [0.05, 0.1) is 0 Å². The second-order valence-corrected chi connectivity index (χ2v) is 2.86. The summed E-state index contributed by atoms with van der Waals surface area (Å²) in [5.41, 5.74) is 1.32. The van der Waals surface area contributed by atoms with Crippen molar-refractivity contribution in [3.63, 3.8) is 0 Å². The van der Waals surface area contributed by atoms with E-state index in [-0.39, 0.29) is 17.1 Å². The minimum absolute atomic E-state index is 0. The largest absolute Gasteiger partial charge is 0.0807 e. The Bertz CT molecular complexity index is 328. The fourth-order valence-corrected chi connectivity index (χ4v) is 1.36. The van der Waals surface area contributed by atoms with Crippen molar-refractivity contribution in [1.82, 2.24) is 0 Å². The summed E-state index contributed by atoms with van der Waals surface area (Å²) >= 11 is 0. The molecule has 0 spiro atoms. The van der Waals surface area contributed by atoms with Gasteiger partial charge in [0, 0.05) is 23.0 Å². The SMILES string of the molecule is [C-]#[O+].[C-]#[O+].[C-]#[O+].[CH]1[CH][CH][C](C2=CCC=CC=C2)[CH]1.[Mn]. The van der Waals surface area contributed by atoms with Gasteiger partial charge < -0.3 is 0 Å². The fraction of sp³-hybridized carbons (Fsp3) is 0.0667. The first-order valence-electron chi connectivity index (χ1n) is 4.83. The fourth-order valence-electron chi connectivity index (χ4n) is 1.36. The van der Waals surface area contributed by atoms with E-state index in [0.29, 0.717) is 0 Å². The second kappa shape index (κ2) is 19.3. The van der Waals surface area contributed by atoms with E-state index in [0.717, 1.165) is 6.42 Å². The standard InChI is InChI=1S/C12H11.3CO.Mn/c1-2-4-8-11(7-3-1)12-9-5-6-10-12;3*1-2;/h1-3,5-10H,4H2;;;;. The van der Waals surface area contributed by atoms with Crippen LogP contribution in [0, 0.1) is 51.6 Å². The topological polar surface area (TPSA) is 59.7 Å². The van der Waals surface area contributed by atoms with Crippen LogP contribution in [0.15, 0.2) is 36.0 Å². The molecular weight excluding hydrogens is 283 g/mol. The normalized spacial score (nSPS) is 15.6. The molecule has 96 valence electrons. The van der Waals surface area contributed by atoms with E-state index in [9.17, 15) is 0 Å². The van der Waals surface area contributed by atoms with E-state index < -0.39 is 0 Å². The van der Waals surface area contributed by atoms with Gasteiger partial charge in [0.25, 0.3) is 0 Å². The molecule has 0 bridgehead atoms. The van der Waals surface area contributed by atoms with Crippen molar-refractivity contribution in [1.29, 1.82) is 0 Å². The molecule has 2 rings (SSSR count). The van der Waals surface area contributed by atoms with Crippen molar-refractivity contribution in [2.45, 2.75) is 6.42 Å². The molecule has 0 unspecified atom stereocenters. The van der Waals surface area contributed by atoms with E-state index in [1.807, 2.05) is 0 Å². The van der Waals surface area contributed by atoms with Gasteiger partial charge in [-0.1, -0.05) is 30.4 Å². The van der Waals surface area contributed by atoms with Crippen LogP contribution < -0.4 is 0 Å². The van der Waals surface area contributed by atoms with Crippen LogP contribution in [0.25, 0.3) is 0 Å². The molecule has 4 heteroatoms. The van der Waals surface area contributed by atoms with Crippen LogP contribution in [-0.2, 0) is 31.0 Å². The molecule has 6 radical (unpaired) electrons. The summed E-state index contributed by atoms with van der Waals surface area (Å²) in [6.07, 6.45) is 20.2. The molecule has 2 aliphatic carbocycles. The molecule has 2 aliphatic rings. The van der Waals surface area contributed by atoms with Crippen molar-refractivity contribution < 1.29 is 31.0 Å². The van der Waals surface area contributed by atoms with Crippen molar-refractivity contribution in [2.24, 2.45) is 0 Å². The number of hydrogen-bond acceptors (Lipinski definition) is 0. The van der Waals surface area contributed by atoms with Gasteiger partial charge in [0.2, 0.25) is 0 Å². The predicted octanol–water partition coefficient (Wildman–Crippen LogP) is 2.72. The van der Waals surface area contributed by atoms with Crippen LogP contribution >= 0.6 is 0 Å². The van der Waals surface area contributed by atoms with Gasteiger partial charge >= 0.3 is 33.9 Å².